The zero-order valence-corrected chi connectivity index (χ0v) is 17.9. The summed E-state index contributed by atoms with van der Waals surface area (Å²) in [6.45, 7) is 2.02. The minimum Gasteiger partial charge on any atom is -0.484 e. The summed E-state index contributed by atoms with van der Waals surface area (Å²) in [5.41, 5.74) is 3.76. The standard InChI is InChI=1S/C25H26N4O3/c30-24-9-4-17-14-18(5-6-21(17)27-24)32-16-25(31)28-22-7-8-23(29-12-2-1-3-13-29)19-10-11-26-15-20(19)22/h5-8,10-11,14-15H,1-4,9,12-13,16H2,(H,27,30)(H,28,31). The minimum absolute atomic E-state index is 0.0265. The van der Waals surface area contributed by atoms with Crippen molar-refractivity contribution in [3.05, 3.63) is 54.4 Å². The van der Waals surface area contributed by atoms with Gasteiger partial charge in [0.1, 0.15) is 5.75 Å². The fraction of sp³-hybridized carbons (Fsp3) is 0.320. The first kappa shape index (κ1) is 20.3. The van der Waals surface area contributed by atoms with Crippen molar-refractivity contribution in [3.8, 4) is 5.75 Å². The Hall–Kier alpha value is -3.61. The highest BCUT2D eigenvalue weighted by atomic mass is 16.5. The number of nitrogens with one attached hydrogen (secondary N) is 2. The van der Waals surface area contributed by atoms with Gasteiger partial charge in [0.2, 0.25) is 5.91 Å². The van der Waals surface area contributed by atoms with E-state index in [1.165, 1.54) is 24.9 Å². The van der Waals surface area contributed by atoms with Gasteiger partial charge >= 0.3 is 0 Å². The number of aryl methyl sites for hydroxylation is 1. The lowest BCUT2D eigenvalue weighted by molar-refractivity contribution is -0.118. The molecule has 1 aromatic heterocycles. The first-order valence-electron chi connectivity index (χ1n) is 11.1. The summed E-state index contributed by atoms with van der Waals surface area (Å²) in [4.78, 5) is 30.8. The zero-order valence-electron chi connectivity index (χ0n) is 17.9. The van der Waals surface area contributed by atoms with Crippen LogP contribution in [0.5, 0.6) is 5.75 Å². The molecule has 0 bridgehead atoms. The van der Waals surface area contributed by atoms with Crippen molar-refractivity contribution in [1.29, 1.82) is 0 Å². The molecule has 32 heavy (non-hydrogen) atoms. The highest BCUT2D eigenvalue weighted by Gasteiger charge is 2.17. The van der Waals surface area contributed by atoms with E-state index >= 15 is 0 Å². The van der Waals surface area contributed by atoms with Crippen molar-refractivity contribution in [3.63, 3.8) is 0 Å². The third kappa shape index (κ3) is 4.23. The van der Waals surface area contributed by atoms with Crippen molar-refractivity contribution in [2.24, 2.45) is 0 Å². The summed E-state index contributed by atoms with van der Waals surface area (Å²) in [5.74, 6) is 0.410. The molecule has 1 fully saturated rings. The SMILES string of the molecule is O=C1CCc2cc(OCC(=O)Nc3ccc(N4CCCCC4)c4ccncc34)ccc2N1. The highest BCUT2D eigenvalue weighted by Crippen LogP contribution is 2.33. The first-order valence-corrected chi connectivity index (χ1v) is 11.1. The van der Waals surface area contributed by atoms with Gasteiger partial charge in [0.05, 0.1) is 5.69 Å². The third-order valence-corrected chi connectivity index (χ3v) is 6.11. The van der Waals surface area contributed by atoms with Gasteiger partial charge < -0.3 is 20.3 Å². The molecule has 5 rings (SSSR count). The molecular weight excluding hydrogens is 404 g/mol. The summed E-state index contributed by atoms with van der Waals surface area (Å²) in [6, 6.07) is 11.5. The number of carbonyl (C=O) groups excluding carboxylic acids is 2. The van der Waals surface area contributed by atoms with Crippen molar-refractivity contribution in [2.45, 2.75) is 32.1 Å². The maximum absolute atomic E-state index is 12.6. The van der Waals surface area contributed by atoms with Gasteiger partial charge in [0.25, 0.3) is 5.91 Å². The second kappa shape index (κ2) is 8.86. The average molecular weight is 431 g/mol. The summed E-state index contributed by atoms with van der Waals surface area (Å²) in [7, 11) is 0. The number of carbonyl (C=O) groups is 2. The number of rotatable bonds is 5. The van der Waals surface area contributed by atoms with Crippen molar-refractivity contribution in [1.82, 2.24) is 4.98 Å². The molecule has 7 nitrogen and oxygen atoms in total. The Balaban J connectivity index is 1.28. The van der Waals surface area contributed by atoms with E-state index in [4.69, 9.17) is 4.74 Å². The number of hydrogen-bond donors (Lipinski definition) is 2. The number of ether oxygens (including phenoxy) is 1. The zero-order chi connectivity index (χ0) is 21.9. The second-order valence-electron chi connectivity index (χ2n) is 8.31. The molecule has 7 heteroatoms. The van der Waals surface area contributed by atoms with Crippen LogP contribution in [-0.4, -0.2) is 36.5 Å². The quantitative estimate of drug-likeness (QED) is 0.636. The molecule has 3 aromatic rings. The summed E-state index contributed by atoms with van der Waals surface area (Å²) < 4.78 is 5.72. The van der Waals surface area contributed by atoms with E-state index in [0.29, 0.717) is 18.6 Å². The fourth-order valence-electron chi connectivity index (χ4n) is 4.48. The molecule has 0 radical (unpaired) electrons. The number of piperidine rings is 1. The van der Waals surface area contributed by atoms with Gasteiger partial charge in [-0.3, -0.25) is 14.6 Å². The number of anilines is 3. The van der Waals surface area contributed by atoms with Crippen molar-refractivity contribution >= 4 is 39.6 Å². The number of hydrogen-bond acceptors (Lipinski definition) is 5. The van der Waals surface area contributed by atoms with E-state index in [0.717, 1.165) is 40.8 Å². The predicted octanol–water partition coefficient (Wildman–Crippen LogP) is 4.13. The van der Waals surface area contributed by atoms with Crippen LogP contribution in [0.15, 0.2) is 48.8 Å². The Kier molecular flexibility index (Phi) is 5.62. The topological polar surface area (TPSA) is 83.6 Å². The Morgan fingerprint density at radius 2 is 1.94 bits per heavy atom. The third-order valence-electron chi connectivity index (χ3n) is 6.11. The molecule has 0 saturated carbocycles. The molecule has 2 aromatic carbocycles. The molecule has 164 valence electrons. The van der Waals surface area contributed by atoms with Crippen LogP contribution < -0.4 is 20.3 Å². The minimum atomic E-state index is -0.230. The van der Waals surface area contributed by atoms with Gasteiger partial charge in [-0.1, -0.05) is 0 Å². The van der Waals surface area contributed by atoms with Gasteiger partial charge in [-0.15, -0.1) is 0 Å². The van der Waals surface area contributed by atoms with Gasteiger partial charge in [-0.2, -0.15) is 0 Å². The lowest BCUT2D eigenvalue weighted by Crippen LogP contribution is -2.29. The van der Waals surface area contributed by atoms with Crippen LogP contribution in [0.4, 0.5) is 17.1 Å². The lowest BCUT2D eigenvalue weighted by atomic mass is 10.0. The van der Waals surface area contributed by atoms with Crippen molar-refractivity contribution < 1.29 is 14.3 Å². The van der Waals surface area contributed by atoms with Gasteiger partial charge in [-0.05, 0) is 67.6 Å². The molecular formula is C25H26N4O3. The predicted molar refractivity (Wildman–Crippen MR) is 125 cm³/mol. The first-order chi connectivity index (χ1) is 15.7. The molecule has 2 N–H and O–H groups in total. The monoisotopic (exact) mass is 430 g/mol. The average Bonchev–Trinajstić information content (AvgIpc) is 2.83. The molecule has 2 amide bonds. The molecule has 1 saturated heterocycles. The summed E-state index contributed by atoms with van der Waals surface area (Å²) in [6.07, 6.45) is 8.43. The number of amides is 2. The fourth-order valence-corrected chi connectivity index (χ4v) is 4.48. The number of fused-ring (bicyclic) bond motifs is 2. The van der Waals surface area contributed by atoms with Crippen molar-refractivity contribution in [2.75, 3.05) is 35.2 Å². The molecule has 3 heterocycles. The lowest BCUT2D eigenvalue weighted by Gasteiger charge is -2.30. The number of benzene rings is 2. The number of pyridine rings is 1. The van der Waals surface area contributed by atoms with Gasteiger partial charge in [-0.25, -0.2) is 0 Å². The van der Waals surface area contributed by atoms with E-state index in [1.807, 2.05) is 24.3 Å². The molecule has 0 unspecified atom stereocenters. The van der Waals surface area contributed by atoms with Crippen LogP contribution in [0.25, 0.3) is 10.8 Å². The Morgan fingerprint density at radius 3 is 2.81 bits per heavy atom. The second-order valence-corrected chi connectivity index (χ2v) is 8.31. The van der Waals surface area contributed by atoms with Crippen LogP contribution in [0.2, 0.25) is 0 Å². The summed E-state index contributed by atoms with van der Waals surface area (Å²) >= 11 is 0. The molecule has 0 spiro atoms. The highest BCUT2D eigenvalue weighted by molar-refractivity contribution is 6.06. The van der Waals surface area contributed by atoms with Crippen LogP contribution in [0.3, 0.4) is 0 Å². The largest absolute Gasteiger partial charge is 0.484 e. The Bertz CT molecular complexity index is 1170. The Labute approximate surface area is 186 Å². The van der Waals surface area contributed by atoms with Crippen LogP contribution in [0.1, 0.15) is 31.2 Å². The number of nitrogens with zero attached hydrogens (tertiary/aromatic N) is 2. The maximum atomic E-state index is 12.6. The normalized spacial score (nSPS) is 15.8. The van der Waals surface area contributed by atoms with Gasteiger partial charge in [0.15, 0.2) is 6.61 Å². The van der Waals surface area contributed by atoms with Crippen LogP contribution in [0, 0.1) is 0 Å². The molecule has 0 atom stereocenters. The van der Waals surface area contributed by atoms with E-state index in [-0.39, 0.29) is 18.4 Å². The van der Waals surface area contributed by atoms with E-state index in [1.54, 1.807) is 18.5 Å². The maximum Gasteiger partial charge on any atom is 0.262 e. The number of aromatic nitrogens is 1. The van der Waals surface area contributed by atoms with E-state index in [2.05, 4.69) is 26.6 Å². The Morgan fingerprint density at radius 1 is 1.06 bits per heavy atom. The summed E-state index contributed by atoms with van der Waals surface area (Å²) in [5, 5.41) is 7.84. The van der Waals surface area contributed by atoms with E-state index < -0.39 is 0 Å². The van der Waals surface area contributed by atoms with Crippen LogP contribution in [-0.2, 0) is 16.0 Å². The smallest absolute Gasteiger partial charge is 0.262 e. The molecule has 2 aliphatic heterocycles. The van der Waals surface area contributed by atoms with E-state index in [9.17, 15) is 9.59 Å². The molecule has 0 aliphatic carbocycles. The molecule has 2 aliphatic rings. The van der Waals surface area contributed by atoms with Crippen LogP contribution >= 0.6 is 0 Å². The van der Waals surface area contributed by atoms with Gasteiger partial charge in [0, 0.05) is 54.1 Å².